The van der Waals surface area contributed by atoms with Gasteiger partial charge in [-0.2, -0.15) is 0 Å². The maximum atomic E-state index is 5.60. The van der Waals surface area contributed by atoms with Crippen molar-refractivity contribution in [1.82, 2.24) is 0 Å². The van der Waals surface area contributed by atoms with Crippen molar-refractivity contribution in [1.29, 1.82) is 0 Å². The van der Waals surface area contributed by atoms with E-state index in [2.05, 4.69) is 0 Å². The molecule has 0 radical (unpaired) electrons. The molecule has 5 heteroatoms. The molecule has 3 aliphatic heterocycles. The molecule has 0 aromatic rings. The molecule has 3 fully saturated rings. The van der Waals surface area contributed by atoms with E-state index in [1.807, 2.05) is 6.92 Å². The molecule has 50 valence electrons. The molecule has 1 atom stereocenters. The first-order valence-electron chi connectivity index (χ1n) is 3.06. The van der Waals surface area contributed by atoms with Gasteiger partial charge in [-0.1, -0.05) is 6.92 Å². The van der Waals surface area contributed by atoms with Crippen molar-refractivity contribution < 1.29 is 11.4 Å². The molecule has 0 aromatic carbocycles. The third-order valence-electron chi connectivity index (χ3n) is 1.68. The molecule has 0 saturated carbocycles. The van der Waals surface area contributed by atoms with Crippen molar-refractivity contribution in [3.8, 4) is 0 Å². The summed E-state index contributed by atoms with van der Waals surface area (Å²) in [6.45, 7) is 1.97. The van der Waals surface area contributed by atoms with Crippen LogP contribution in [0.1, 0.15) is 13.3 Å². The lowest BCUT2D eigenvalue weighted by Gasteiger charge is -2.59. The third kappa shape index (κ3) is 0.622. The molecule has 1 unspecified atom stereocenters. The Morgan fingerprint density at radius 2 is 2.11 bits per heavy atom. The molecule has 0 amide bonds. The Labute approximate surface area is 58.3 Å². The minimum Gasteiger partial charge on any atom is -0.408 e. The summed E-state index contributed by atoms with van der Waals surface area (Å²) in [5.74, 6) is -0.786. The number of hydrogen-bond acceptors (Lipinski definition) is 4. The summed E-state index contributed by atoms with van der Waals surface area (Å²) in [4.78, 5) is 0. The quantitative estimate of drug-likeness (QED) is 0.529. The molecule has 3 rings (SSSR count). The molecular formula is C4H8AlNO3. The molecule has 9 heavy (non-hydrogen) atoms. The van der Waals surface area contributed by atoms with Crippen LogP contribution in [0.25, 0.3) is 0 Å². The van der Waals surface area contributed by atoms with Crippen molar-refractivity contribution in [3.05, 3.63) is 0 Å². The van der Waals surface area contributed by atoms with Crippen LogP contribution in [0, 0.1) is 0 Å². The highest BCUT2D eigenvalue weighted by molar-refractivity contribution is 6.43. The molecule has 2 N–H and O–H groups in total. The maximum Gasteiger partial charge on any atom is 0.916 e. The van der Waals surface area contributed by atoms with Gasteiger partial charge in [-0.15, -0.1) is 0 Å². The van der Waals surface area contributed by atoms with E-state index in [1.165, 1.54) is 0 Å². The van der Waals surface area contributed by atoms with Gasteiger partial charge in [0, 0.05) is 0 Å². The fourth-order valence-electron chi connectivity index (χ4n) is 0.941. The Morgan fingerprint density at radius 1 is 1.56 bits per heavy atom. The van der Waals surface area contributed by atoms with Crippen LogP contribution in [0.4, 0.5) is 0 Å². The highest BCUT2D eigenvalue weighted by Crippen LogP contribution is 2.44. The Hall–Kier alpha value is 0.372. The zero-order chi connectivity index (χ0) is 6.48. The largest absolute Gasteiger partial charge is 0.916 e. The average molecular weight is 145 g/mol. The monoisotopic (exact) mass is 145 g/mol. The Bertz CT molecular complexity index is 125. The molecule has 0 spiro atoms. The van der Waals surface area contributed by atoms with Crippen LogP contribution in [0.3, 0.4) is 0 Å². The van der Waals surface area contributed by atoms with Gasteiger partial charge in [-0.05, 0) is 6.42 Å². The van der Waals surface area contributed by atoms with E-state index >= 15 is 0 Å². The summed E-state index contributed by atoms with van der Waals surface area (Å²) in [5, 5.41) is 0. The molecule has 0 aromatic heterocycles. The summed E-state index contributed by atoms with van der Waals surface area (Å²) in [7, 11) is 0. The van der Waals surface area contributed by atoms with Gasteiger partial charge in [-0.25, -0.2) is 0 Å². The Balaban J connectivity index is 1.96. The van der Waals surface area contributed by atoms with Crippen LogP contribution >= 0.6 is 0 Å². The topological polar surface area (TPSA) is 53.7 Å². The van der Waals surface area contributed by atoms with Gasteiger partial charge >= 0.3 is 15.1 Å². The van der Waals surface area contributed by atoms with E-state index in [9.17, 15) is 0 Å². The van der Waals surface area contributed by atoms with Crippen LogP contribution < -0.4 is 5.73 Å². The highest BCUT2D eigenvalue weighted by Gasteiger charge is 2.74. The van der Waals surface area contributed by atoms with Crippen molar-refractivity contribution in [3.63, 3.8) is 0 Å². The lowest BCUT2D eigenvalue weighted by molar-refractivity contribution is -0.469. The molecule has 2 bridgehead atoms. The second kappa shape index (κ2) is 1.70. The van der Waals surface area contributed by atoms with Gasteiger partial charge in [0.05, 0.1) is 6.04 Å². The number of hydrogen-bond donors (Lipinski definition) is 1. The van der Waals surface area contributed by atoms with Crippen molar-refractivity contribution >= 4 is 15.1 Å². The lowest BCUT2D eigenvalue weighted by Crippen LogP contribution is -2.80. The Kier molecular flexibility index (Phi) is 1.15. The molecular weight excluding hydrogens is 137 g/mol. The summed E-state index contributed by atoms with van der Waals surface area (Å²) in [5.41, 5.74) is 5.60. The summed E-state index contributed by atoms with van der Waals surface area (Å²) >= 11 is -1.54. The van der Waals surface area contributed by atoms with Gasteiger partial charge in [-0.3, -0.25) is 0 Å². The van der Waals surface area contributed by atoms with E-state index < -0.39 is 21.1 Å². The van der Waals surface area contributed by atoms with Crippen LogP contribution in [0.15, 0.2) is 0 Å². The van der Waals surface area contributed by atoms with Crippen LogP contribution in [0.5, 0.6) is 0 Å². The molecule has 3 aliphatic rings. The van der Waals surface area contributed by atoms with Crippen molar-refractivity contribution in [2.75, 3.05) is 0 Å². The van der Waals surface area contributed by atoms with Crippen LogP contribution in [-0.4, -0.2) is 27.2 Å². The third-order valence-corrected chi connectivity index (χ3v) is 3.24. The minimum absolute atomic E-state index is 0.116. The standard InChI is InChI=1S/C4H8NO3.Al/c1-2-3(5)4(6,7)8;/h3H,2,5H2,1H3;/q-3;+3. The van der Waals surface area contributed by atoms with Gasteiger partial charge in [0.2, 0.25) is 5.97 Å². The van der Waals surface area contributed by atoms with E-state index in [0.717, 1.165) is 6.42 Å². The molecule has 0 aliphatic carbocycles. The smallest absolute Gasteiger partial charge is 0.408 e. The van der Waals surface area contributed by atoms with Crippen LogP contribution in [-0.2, 0) is 11.4 Å². The zero-order valence-corrected chi connectivity index (χ0v) is 6.32. The maximum absolute atomic E-state index is 5.60. The van der Waals surface area contributed by atoms with Crippen LogP contribution in [0.2, 0.25) is 0 Å². The van der Waals surface area contributed by atoms with Crippen molar-refractivity contribution in [2.24, 2.45) is 5.73 Å². The van der Waals surface area contributed by atoms with Crippen molar-refractivity contribution in [2.45, 2.75) is 25.4 Å². The van der Waals surface area contributed by atoms with E-state index in [0.29, 0.717) is 0 Å². The SMILES string of the molecule is CCC(N)C12[O][Al]([O]1)[O]2. The fraction of sp³-hybridized carbons (Fsp3) is 1.00. The first-order chi connectivity index (χ1) is 4.27. The number of nitrogens with two attached hydrogens (primary N) is 1. The minimum atomic E-state index is -1.54. The fourth-order valence-corrected chi connectivity index (χ4v) is 2.32. The highest BCUT2D eigenvalue weighted by atomic mass is 27.3. The van der Waals surface area contributed by atoms with E-state index in [-0.39, 0.29) is 6.04 Å². The number of rotatable bonds is 2. The van der Waals surface area contributed by atoms with E-state index in [1.54, 1.807) is 0 Å². The first kappa shape index (κ1) is 6.11. The summed E-state index contributed by atoms with van der Waals surface area (Å²) in [6, 6.07) is -0.116. The van der Waals surface area contributed by atoms with Gasteiger partial charge in [0.1, 0.15) is 0 Å². The molecule has 4 nitrogen and oxygen atoms in total. The first-order valence-corrected chi connectivity index (χ1v) is 4.47. The van der Waals surface area contributed by atoms with E-state index in [4.69, 9.17) is 17.1 Å². The Morgan fingerprint density at radius 3 is 2.22 bits per heavy atom. The molecule has 3 saturated heterocycles. The summed E-state index contributed by atoms with van der Waals surface area (Å²) < 4.78 is 15.4. The normalized spacial score (nSPS) is 30.7. The second-order valence-corrected chi connectivity index (χ2v) is 3.54. The van der Waals surface area contributed by atoms with Gasteiger partial charge in [0.25, 0.3) is 0 Å². The molecule has 3 heterocycles. The average Bonchev–Trinajstić information content (AvgIpc) is 1.57. The summed E-state index contributed by atoms with van der Waals surface area (Å²) in [6.07, 6.45) is 0.821. The predicted octanol–water partition coefficient (Wildman–Crippen LogP) is -0.561. The second-order valence-electron chi connectivity index (χ2n) is 2.26. The lowest BCUT2D eigenvalue weighted by atomic mass is 10.2. The zero-order valence-electron chi connectivity index (χ0n) is 5.16. The van der Waals surface area contributed by atoms with Gasteiger partial charge in [0.15, 0.2) is 0 Å². The predicted molar refractivity (Wildman–Crippen MR) is 30.0 cm³/mol. The van der Waals surface area contributed by atoms with Gasteiger partial charge < -0.3 is 17.1 Å².